The van der Waals surface area contributed by atoms with Crippen LogP contribution in [0.1, 0.15) is 60.8 Å². The number of rotatable bonds is 4. The third-order valence-corrected chi connectivity index (χ3v) is 5.78. The van der Waals surface area contributed by atoms with E-state index in [4.69, 9.17) is 0 Å². The zero-order valence-corrected chi connectivity index (χ0v) is 17.3. The van der Waals surface area contributed by atoms with Crippen molar-refractivity contribution in [2.45, 2.75) is 51.6 Å². The van der Waals surface area contributed by atoms with E-state index in [9.17, 15) is 18.4 Å². The van der Waals surface area contributed by atoms with Gasteiger partial charge in [-0.2, -0.15) is 23.5 Å². The number of aryl methyl sites for hydroxylation is 1. The number of pyridine rings is 1. The van der Waals surface area contributed by atoms with Crippen LogP contribution in [0.5, 0.6) is 0 Å². The smallest absolute Gasteiger partial charge is 0.353 e. The fourth-order valence-electron chi connectivity index (χ4n) is 4.24. The molecule has 0 amide bonds. The summed E-state index contributed by atoms with van der Waals surface area (Å²) in [4.78, 5) is 1.99. The summed E-state index contributed by atoms with van der Waals surface area (Å²) in [6, 6.07) is 4.63. The van der Waals surface area contributed by atoms with Crippen molar-refractivity contribution in [2.24, 2.45) is 0 Å². The van der Waals surface area contributed by atoms with Crippen molar-refractivity contribution in [3.8, 4) is 6.07 Å². The highest BCUT2D eigenvalue weighted by molar-refractivity contribution is 5.58. The Morgan fingerprint density at radius 1 is 1.13 bits per heavy atom. The number of hydrogen-bond donors (Lipinski definition) is 0. The Bertz CT molecular complexity index is 1150. The predicted octanol–water partition coefficient (Wildman–Crippen LogP) is 3.92. The average Bonchev–Trinajstić information content (AvgIpc) is 3.20. The number of nitrogens with zero attached hydrogens (tertiary/aromatic N) is 7. The summed E-state index contributed by atoms with van der Waals surface area (Å²) in [5.74, 6) is 0.876. The van der Waals surface area contributed by atoms with E-state index in [0.717, 1.165) is 36.4 Å². The zero-order valence-electron chi connectivity index (χ0n) is 17.3. The minimum atomic E-state index is -4.44. The third kappa shape index (κ3) is 3.80. The molecule has 1 aliphatic rings. The van der Waals surface area contributed by atoms with Gasteiger partial charge in [0.05, 0.1) is 11.3 Å². The zero-order chi connectivity index (χ0) is 22.2. The second kappa shape index (κ2) is 8.13. The molecule has 1 atom stereocenters. The second-order valence-electron chi connectivity index (χ2n) is 7.63. The quantitative estimate of drug-likeness (QED) is 0.625. The molecule has 3 aromatic rings. The monoisotopic (exact) mass is 429 g/mol. The molecule has 1 saturated heterocycles. The maximum absolute atomic E-state index is 13.2. The lowest BCUT2D eigenvalue weighted by Gasteiger charge is -2.33. The van der Waals surface area contributed by atoms with Gasteiger partial charge in [0.15, 0.2) is 11.5 Å². The highest BCUT2D eigenvalue weighted by Crippen LogP contribution is 2.33. The molecule has 0 spiro atoms. The Labute approximate surface area is 177 Å². The van der Waals surface area contributed by atoms with Crippen molar-refractivity contribution < 1.29 is 13.2 Å². The highest BCUT2D eigenvalue weighted by atomic mass is 19.4. The molecule has 162 valence electrons. The van der Waals surface area contributed by atoms with E-state index in [1.165, 1.54) is 10.5 Å². The SMILES string of the molecule is CCc1nnc(N2CCCC(c3nnc4ccc(C(F)(F)F)cn34)C2)c(C#N)c1CC. The Morgan fingerprint density at radius 2 is 1.94 bits per heavy atom. The Morgan fingerprint density at radius 3 is 2.61 bits per heavy atom. The molecular weight excluding hydrogens is 407 g/mol. The molecule has 0 bridgehead atoms. The molecule has 0 saturated carbocycles. The van der Waals surface area contributed by atoms with Gasteiger partial charge in [0.2, 0.25) is 0 Å². The van der Waals surface area contributed by atoms with Gasteiger partial charge in [-0.3, -0.25) is 4.40 Å². The fourth-order valence-corrected chi connectivity index (χ4v) is 4.24. The normalized spacial score (nSPS) is 17.2. The molecule has 7 nitrogen and oxygen atoms in total. The molecule has 0 radical (unpaired) electrons. The van der Waals surface area contributed by atoms with Crippen molar-refractivity contribution in [1.82, 2.24) is 24.8 Å². The van der Waals surface area contributed by atoms with E-state index in [2.05, 4.69) is 26.5 Å². The highest BCUT2D eigenvalue weighted by Gasteiger charge is 2.33. The summed E-state index contributed by atoms with van der Waals surface area (Å²) in [7, 11) is 0. The molecule has 1 fully saturated rings. The lowest BCUT2D eigenvalue weighted by atomic mass is 9.96. The van der Waals surface area contributed by atoms with E-state index in [1.54, 1.807) is 0 Å². The summed E-state index contributed by atoms with van der Waals surface area (Å²) in [6.45, 7) is 5.14. The van der Waals surface area contributed by atoms with Crippen LogP contribution < -0.4 is 4.90 Å². The van der Waals surface area contributed by atoms with Crippen LogP contribution in [0, 0.1) is 11.3 Å². The summed E-state index contributed by atoms with van der Waals surface area (Å²) >= 11 is 0. The van der Waals surface area contributed by atoms with Gasteiger partial charge in [-0.25, -0.2) is 0 Å². The lowest BCUT2D eigenvalue weighted by Crippen LogP contribution is -2.36. The van der Waals surface area contributed by atoms with Gasteiger partial charge in [-0.1, -0.05) is 13.8 Å². The fraction of sp³-hybridized carbons (Fsp3) is 0.476. The number of halogens is 3. The summed E-state index contributed by atoms with van der Waals surface area (Å²) in [6.07, 6.45) is -0.459. The summed E-state index contributed by atoms with van der Waals surface area (Å²) in [5.41, 5.74) is 1.88. The minimum absolute atomic E-state index is 0.142. The maximum atomic E-state index is 13.2. The van der Waals surface area contributed by atoms with Crippen LogP contribution in [0.2, 0.25) is 0 Å². The molecule has 1 unspecified atom stereocenters. The largest absolute Gasteiger partial charge is 0.417 e. The third-order valence-electron chi connectivity index (χ3n) is 5.78. The number of fused-ring (bicyclic) bond motifs is 1. The first-order valence-corrected chi connectivity index (χ1v) is 10.3. The van der Waals surface area contributed by atoms with E-state index in [0.29, 0.717) is 48.8 Å². The molecule has 4 heterocycles. The van der Waals surface area contributed by atoms with Crippen LogP contribution in [0.25, 0.3) is 5.65 Å². The van der Waals surface area contributed by atoms with Gasteiger partial charge in [-0.05, 0) is 43.4 Å². The molecule has 4 rings (SSSR count). The molecule has 10 heteroatoms. The van der Waals surface area contributed by atoms with Crippen molar-refractivity contribution in [3.05, 3.63) is 46.5 Å². The van der Waals surface area contributed by atoms with Crippen LogP contribution in [0.15, 0.2) is 18.3 Å². The van der Waals surface area contributed by atoms with Crippen LogP contribution in [0.3, 0.4) is 0 Å². The van der Waals surface area contributed by atoms with Gasteiger partial charge in [-0.15, -0.1) is 15.3 Å². The topological polar surface area (TPSA) is 83.0 Å². The number of nitriles is 1. The number of alkyl halides is 3. The molecular formula is C21H22F3N7. The van der Waals surface area contributed by atoms with E-state index in [-0.39, 0.29) is 5.92 Å². The van der Waals surface area contributed by atoms with Gasteiger partial charge in [0, 0.05) is 25.2 Å². The number of anilines is 1. The maximum Gasteiger partial charge on any atom is 0.417 e. The van der Waals surface area contributed by atoms with Gasteiger partial charge < -0.3 is 4.90 Å². The first-order valence-electron chi connectivity index (χ1n) is 10.3. The van der Waals surface area contributed by atoms with Crippen molar-refractivity contribution >= 4 is 11.5 Å². The average molecular weight is 429 g/mol. The predicted molar refractivity (Wildman–Crippen MR) is 108 cm³/mol. The first-order chi connectivity index (χ1) is 14.9. The Balaban J connectivity index is 1.70. The number of piperidine rings is 1. The van der Waals surface area contributed by atoms with Crippen LogP contribution in [0.4, 0.5) is 19.0 Å². The Kier molecular flexibility index (Phi) is 5.52. The summed E-state index contributed by atoms with van der Waals surface area (Å²) in [5, 5.41) is 26.7. The molecule has 3 aromatic heterocycles. The van der Waals surface area contributed by atoms with Crippen LogP contribution in [-0.4, -0.2) is 37.9 Å². The number of aromatic nitrogens is 5. The van der Waals surface area contributed by atoms with Gasteiger partial charge in [0.25, 0.3) is 0 Å². The lowest BCUT2D eigenvalue weighted by molar-refractivity contribution is -0.137. The van der Waals surface area contributed by atoms with E-state index >= 15 is 0 Å². The van der Waals surface area contributed by atoms with Crippen LogP contribution >= 0.6 is 0 Å². The Hall–Kier alpha value is -3.22. The summed E-state index contributed by atoms with van der Waals surface area (Å²) < 4.78 is 41.0. The minimum Gasteiger partial charge on any atom is -0.353 e. The van der Waals surface area contributed by atoms with E-state index in [1.807, 2.05) is 18.7 Å². The molecule has 31 heavy (non-hydrogen) atoms. The molecule has 0 N–H and O–H groups in total. The molecule has 0 aromatic carbocycles. The van der Waals surface area contributed by atoms with E-state index < -0.39 is 11.7 Å². The second-order valence-corrected chi connectivity index (χ2v) is 7.63. The van der Waals surface area contributed by atoms with Crippen LogP contribution in [-0.2, 0) is 19.0 Å². The van der Waals surface area contributed by atoms with Crippen molar-refractivity contribution in [3.63, 3.8) is 0 Å². The van der Waals surface area contributed by atoms with Gasteiger partial charge >= 0.3 is 6.18 Å². The van der Waals surface area contributed by atoms with Crippen molar-refractivity contribution in [1.29, 1.82) is 5.26 Å². The van der Waals surface area contributed by atoms with Gasteiger partial charge in [0.1, 0.15) is 17.5 Å². The molecule has 0 aliphatic carbocycles. The standard InChI is InChI=1S/C21H22F3N7/c1-3-15-16(10-25)20(29-26-17(15)4-2)30-9-5-6-13(11-30)19-28-27-18-8-7-14(12-31(18)19)21(22,23)24/h7-8,12-13H,3-6,9,11H2,1-2H3. The first kappa shape index (κ1) is 21.0. The molecule has 1 aliphatic heterocycles. The number of hydrogen-bond acceptors (Lipinski definition) is 6. The van der Waals surface area contributed by atoms with Crippen molar-refractivity contribution in [2.75, 3.05) is 18.0 Å².